The van der Waals surface area contributed by atoms with E-state index in [1.807, 2.05) is 6.92 Å². The van der Waals surface area contributed by atoms with Crippen LogP contribution in [0.1, 0.15) is 18.3 Å². The number of rotatable bonds is 5. The summed E-state index contributed by atoms with van der Waals surface area (Å²) in [6.45, 7) is 4.45. The fraction of sp³-hybridized carbons (Fsp3) is 0.364. The highest BCUT2D eigenvalue weighted by molar-refractivity contribution is 5.59. The van der Waals surface area contributed by atoms with Gasteiger partial charge in [0.05, 0.1) is 17.2 Å². The first-order valence-electron chi connectivity index (χ1n) is 5.84. The molecule has 0 fully saturated rings. The van der Waals surface area contributed by atoms with Crippen LogP contribution in [-0.4, -0.2) is 24.7 Å². The van der Waals surface area contributed by atoms with Crippen LogP contribution in [0, 0.1) is 17.0 Å². The molecule has 0 amide bonds. The molecule has 0 aliphatic carbocycles. The van der Waals surface area contributed by atoms with Crippen LogP contribution in [-0.2, 0) is 13.1 Å². The van der Waals surface area contributed by atoms with Crippen molar-refractivity contribution in [2.24, 2.45) is 0 Å². The average molecular weight is 262 g/mol. The van der Waals surface area contributed by atoms with Crippen LogP contribution in [0.5, 0.6) is 0 Å². The van der Waals surface area contributed by atoms with E-state index in [9.17, 15) is 10.1 Å². The standard InChI is InChI=1S/C11H14N6O2/c1-3-16-11(10(17(18)19)8(2)15-16)13-6-9-4-5-12-7-14-9/h4-5,7,13H,3,6H2,1-2H3. The lowest BCUT2D eigenvalue weighted by atomic mass is 10.3. The third-order valence-electron chi connectivity index (χ3n) is 2.66. The van der Waals surface area contributed by atoms with Crippen molar-refractivity contribution in [3.8, 4) is 0 Å². The molecular formula is C11H14N6O2. The number of nitrogens with one attached hydrogen (secondary N) is 1. The Morgan fingerprint density at radius 1 is 1.53 bits per heavy atom. The molecule has 0 unspecified atom stereocenters. The fourth-order valence-electron chi connectivity index (χ4n) is 1.79. The second-order valence-corrected chi connectivity index (χ2v) is 3.91. The maximum absolute atomic E-state index is 11.1. The van der Waals surface area contributed by atoms with E-state index in [-0.39, 0.29) is 5.69 Å². The third kappa shape index (κ3) is 2.67. The molecule has 0 spiro atoms. The molecular weight excluding hydrogens is 248 g/mol. The van der Waals surface area contributed by atoms with Crippen LogP contribution in [0.3, 0.4) is 0 Å². The first-order chi connectivity index (χ1) is 9.13. The summed E-state index contributed by atoms with van der Waals surface area (Å²) in [6, 6.07) is 1.75. The highest BCUT2D eigenvalue weighted by atomic mass is 16.6. The van der Waals surface area contributed by atoms with Gasteiger partial charge in [0.25, 0.3) is 0 Å². The summed E-state index contributed by atoms with van der Waals surface area (Å²) in [5.41, 5.74) is 1.17. The highest BCUT2D eigenvalue weighted by Crippen LogP contribution is 2.28. The maximum atomic E-state index is 11.1. The normalized spacial score (nSPS) is 10.4. The zero-order valence-corrected chi connectivity index (χ0v) is 10.7. The quantitative estimate of drug-likeness (QED) is 0.648. The van der Waals surface area contributed by atoms with Crippen molar-refractivity contribution in [2.75, 3.05) is 5.32 Å². The molecule has 8 heteroatoms. The highest BCUT2D eigenvalue weighted by Gasteiger charge is 2.24. The van der Waals surface area contributed by atoms with E-state index < -0.39 is 4.92 Å². The summed E-state index contributed by atoms with van der Waals surface area (Å²) in [6.07, 6.45) is 3.06. The van der Waals surface area contributed by atoms with Crippen molar-refractivity contribution >= 4 is 11.5 Å². The Morgan fingerprint density at radius 3 is 2.89 bits per heavy atom. The molecule has 19 heavy (non-hydrogen) atoms. The summed E-state index contributed by atoms with van der Waals surface area (Å²) in [5.74, 6) is 0.406. The van der Waals surface area contributed by atoms with Crippen LogP contribution >= 0.6 is 0 Å². The second kappa shape index (κ2) is 5.42. The average Bonchev–Trinajstić information content (AvgIpc) is 2.73. The number of hydrogen-bond donors (Lipinski definition) is 1. The summed E-state index contributed by atoms with van der Waals surface area (Å²) in [5, 5.41) is 18.2. The van der Waals surface area contributed by atoms with Gasteiger partial charge in [0.2, 0.25) is 5.82 Å². The predicted octanol–water partition coefficient (Wildman–Crippen LogP) is 1.52. The van der Waals surface area contributed by atoms with E-state index in [0.717, 1.165) is 5.69 Å². The number of aromatic nitrogens is 4. The monoisotopic (exact) mass is 262 g/mol. The minimum atomic E-state index is -0.420. The molecule has 2 heterocycles. The second-order valence-electron chi connectivity index (χ2n) is 3.91. The maximum Gasteiger partial charge on any atom is 0.333 e. The molecule has 0 atom stereocenters. The summed E-state index contributed by atoms with van der Waals surface area (Å²) < 4.78 is 1.58. The van der Waals surface area contributed by atoms with Crippen LogP contribution in [0.4, 0.5) is 11.5 Å². The van der Waals surface area contributed by atoms with Gasteiger partial charge in [-0.1, -0.05) is 0 Å². The Bertz CT molecular complexity index is 580. The van der Waals surface area contributed by atoms with Crippen LogP contribution in [0.25, 0.3) is 0 Å². The van der Waals surface area contributed by atoms with Crippen molar-refractivity contribution in [1.29, 1.82) is 0 Å². The van der Waals surface area contributed by atoms with Crippen molar-refractivity contribution in [1.82, 2.24) is 19.7 Å². The van der Waals surface area contributed by atoms with Gasteiger partial charge >= 0.3 is 5.69 Å². The van der Waals surface area contributed by atoms with Crippen molar-refractivity contribution in [2.45, 2.75) is 26.9 Å². The first-order valence-corrected chi connectivity index (χ1v) is 5.84. The molecule has 2 aromatic rings. The van der Waals surface area contributed by atoms with Gasteiger partial charge in [-0.3, -0.25) is 10.1 Å². The molecule has 0 aromatic carbocycles. The van der Waals surface area contributed by atoms with E-state index in [0.29, 0.717) is 24.6 Å². The topological polar surface area (TPSA) is 98.8 Å². The van der Waals surface area contributed by atoms with Crippen LogP contribution in [0.2, 0.25) is 0 Å². The van der Waals surface area contributed by atoms with Gasteiger partial charge in [0.1, 0.15) is 12.0 Å². The summed E-state index contributed by atoms with van der Waals surface area (Å²) in [4.78, 5) is 18.5. The predicted molar refractivity (Wildman–Crippen MR) is 68.7 cm³/mol. The van der Waals surface area contributed by atoms with E-state index in [2.05, 4.69) is 20.4 Å². The Balaban J connectivity index is 2.26. The zero-order valence-electron chi connectivity index (χ0n) is 10.7. The van der Waals surface area contributed by atoms with Gasteiger partial charge in [-0.05, 0) is 19.9 Å². The number of nitro groups is 1. The smallest absolute Gasteiger partial charge is 0.333 e. The number of anilines is 1. The lowest BCUT2D eigenvalue weighted by Gasteiger charge is -2.06. The molecule has 8 nitrogen and oxygen atoms in total. The van der Waals surface area contributed by atoms with E-state index in [4.69, 9.17) is 0 Å². The molecule has 0 radical (unpaired) electrons. The lowest BCUT2D eigenvalue weighted by molar-refractivity contribution is -0.384. The minimum absolute atomic E-state index is 0.0101. The molecule has 2 aromatic heterocycles. The zero-order chi connectivity index (χ0) is 13.8. The minimum Gasteiger partial charge on any atom is -0.359 e. The van der Waals surface area contributed by atoms with E-state index >= 15 is 0 Å². The Kier molecular flexibility index (Phi) is 3.69. The molecule has 0 saturated heterocycles. The van der Waals surface area contributed by atoms with Crippen molar-refractivity contribution in [3.05, 3.63) is 40.1 Å². The largest absolute Gasteiger partial charge is 0.359 e. The van der Waals surface area contributed by atoms with Crippen LogP contribution in [0.15, 0.2) is 18.6 Å². The fourth-order valence-corrected chi connectivity index (χ4v) is 1.79. The van der Waals surface area contributed by atoms with Crippen molar-refractivity contribution < 1.29 is 4.92 Å². The Hall–Kier alpha value is -2.51. The van der Waals surface area contributed by atoms with Gasteiger partial charge in [-0.15, -0.1) is 0 Å². The van der Waals surface area contributed by atoms with Gasteiger partial charge in [-0.2, -0.15) is 5.10 Å². The van der Waals surface area contributed by atoms with E-state index in [1.165, 1.54) is 6.33 Å². The third-order valence-corrected chi connectivity index (χ3v) is 2.66. The number of aryl methyl sites for hydroxylation is 2. The van der Waals surface area contributed by atoms with Gasteiger partial charge in [0, 0.05) is 12.7 Å². The van der Waals surface area contributed by atoms with Gasteiger partial charge < -0.3 is 5.32 Å². The lowest BCUT2D eigenvalue weighted by Crippen LogP contribution is -2.09. The van der Waals surface area contributed by atoms with E-state index in [1.54, 1.807) is 23.9 Å². The molecule has 0 aliphatic rings. The molecule has 0 saturated carbocycles. The van der Waals surface area contributed by atoms with Crippen molar-refractivity contribution in [3.63, 3.8) is 0 Å². The summed E-state index contributed by atoms with van der Waals surface area (Å²) >= 11 is 0. The SMILES string of the molecule is CCn1nc(C)c([N+](=O)[O-])c1NCc1ccncn1. The molecule has 0 aliphatic heterocycles. The van der Waals surface area contributed by atoms with Gasteiger partial charge in [0.15, 0.2) is 0 Å². The molecule has 1 N–H and O–H groups in total. The number of hydrogen-bond acceptors (Lipinski definition) is 6. The molecule has 0 bridgehead atoms. The Labute approximate surface area is 109 Å². The van der Waals surface area contributed by atoms with Gasteiger partial charge in [-0.25, -0.2) is 14.6 Å². The summed E-state index contributed by atoms with van der Waals surface area (Å²) in [7, 11) is 0. The molecule has 2 rings (SSSR count). The Morgan fingerprint density at radius 2 is 2.32 bits per heavy atom. The first kappa shape index (κ1) is 12.9. The molecule has 100 valence electrons. The van der Waals surface area contributed by atoms with Crippen LogP contribution < -0.4 is 5.32 Å². The number of nitrogens with zero attached hydrogens (tertiary/aromatic N) is 5.